The van der Waals surface area contributed by atoms with E-state index in [1.165, 1.54) is 13.8 Å². The van der Waals surface area contributed by atoms with Gasteiger partial charge in [-0.3, -0.25) is 9.80 Å². The Labute approximate surface area is 315 Å². The molecule has 0 fully saturated rings. The number of nitrogens with zero attached hydrogens (tertiary/aromatic N) is 2. The van der Waals surface area contributed by atoms with Gasteiger partial charge in [-0.15, -0.1) is 0 Å². The number of esters is 3. The number of ether oxygens (including phenoxy) is 4. The smallest absolute Gasteiger partial charge is 0.333 e. The van der Waals surface area contributed by atoms with E-state index in [1.54, 1.807) is 11.8 Å². The quantitative estimate of drug-likeness (QED) is 0.0407. The van der Waals surface area contributed by atoms with Crippen molar-refractivity contribution in [2.24, 2.45) is 5.92 Å². The van der Waals surface area contributed by atoms with Crippen LogP contribution in [-0.2, 0) is 46.4 Å². The van der Waals surface area contributed by atoms with Crippen molar-refractivity contribution >= 4 is 17.9 Å². The second-order valence-corrected chi connectivity index (χ2v) is 13.8. The predicted molar refractivity (Wildman–Crippen MR) is 202 cm³/mol. The third-order valence-electron chi connectivity index (χ3n) is 8.29. The highest BCUT2D eigenvalue weighted by atomic mass is 16.6. The summed E-state index contributed by atoms with van der Waals surface area (Å²) in [5.74, 6) is -1.60. The lowest BCUT2D eigenvalue weighted by molar-refractivity contribution is -0.143. The van der Waals surface area contributed by atoms with Gasteiger partial charge in [0.05, 0.1) is 12.7 Å². The first-order valence-corrected chi connectivity index (χ1v) is 18.4. The van der Waals surface area contributed by atoms with Crippen molar-refractivity contribution in [1.82, 2.24) is 9.80 Å². The summed E-state index contributed by atoms with van der Waals surface area (Å²) in [7, 11) is 0. The van der Waals surface area contributed by atoms with Crippen LogP contribution in [0.5, 0.6) is 0 Å². The molecule has 0 bridgehead atoms. The van der Waals surface area contributed by atoms with E-state index in [1.807, 2.05) is 29.2 Å². The molecular weight excluding hydrogens is 684 g/mol. The summed E-state index contributed by atoms with van der Waals surface area (Å²) in [6.45, 7) is 21.1. The average molecular weight is 749 g/mol. The zero-order valence-electron chi connectivity index (χ0n) is 32.5. The Kier molecular flexibility index (Phi) is 23.7. The predicted octanol–water partition coefficient (Wildman–Crippen LogP) is 3.33. The fourth-order valence-corrected chi connectivity index (χ4v) is 5.41. The number of aliphatic hydroxyl groups is 4. The van der Waals surface area contributed by atoms with E-state index >= 15 is 0 Å². The average Bonchev–Trinajstić information content (AvgIpc) is 3.10. The van der Waals surface area contributed by atoms with Crippen molar-refractivity contribution in [1.29, 1.82) is 0 Å². The molecule has 1 aromatic rings. The lowest BCUT2D eigenvalue weighted by Gasteiger charge is -2.28. The van der Waals surface area contributed by atoms with Crippen LogP contribution < -0.4 is 0 Å². The summed E-state index contributed by atoms with van der Waals surface area (Å²) in [5.41, 5.74) is 2.48. The second-order valence-electron chi connectivity index (χ2n) is 13.8. The van der Waals surface area contributed by atoms with Gasteiger partial charge in [0, 0.05) is 62.6 Å². The van der Waals surface area contributed by atoms with Gasteiger partial charge in [-0.1, -0.05) is 70.7 Å². The minimum atomic E-state index is -1.06. The number of hydrogen-bond acceptors (Lipinski definition) is 13. The standard InChI is InChI=1S/C40H64N2O11/c1-9-12-33(10-2)37(46)27-50-18-11-17-41(21-34(43)24-51-38(47)28(3)4)19-31-13-15-32(16-14-31)20-42(22-35(44)25-52-39(48)29(5)6)23-36(45)26-53-40(49)30(7)8/h13-16,33-37,43-46H,3,5,7,9-12,17-27H2,1-2,4,6,8H3. The molecule has 4 N–H and O–H groups in total. The highest BCUT2D eigenvalue weighted by molar-refractivity contribution is 5.87. The van der Waals surface area contributed by atoms with Crippen LogP contribution in [0, 0.1) is 5.92 Å². The monoisotopic (exact) mass is 748 g/mol. The number of benzene rings is 1. The second kappa shape index (κ2) is 26.4. The molecule has 5 unspecified atom stereocenters. The van der Waals surface area contributed by atoms with Crippen LogP contribution >= 0.6 is 0 Å². The molecule has 1 rings (SSSR count). The van der Waals surface area contributed by atoms with Gasteiger partial charge in [-0.05, 0) is 50.7 Å². The van der Waals surface area contributed by atoms with E-state index < -0.39 is 42.3 Å². The van der Waals surface area contributed by atoms with Crippen LogP contribution in [0.1, 0.15) is 71.4 Å². The van der Waals surface area contributed by atoms with Gasteiger partial charge in [-0.2, -0.15) is 0 Å². The third kappa shape index (κ3) is 21.2. The van der Waals surface area contributed by atoms with E-state index in [2.05, 4.69) is 33.6 Å². The fourth-order valence-electron chi connectivity index (χ4n) is 5.41. The SMILES string of the molecule is C=C(C)C(=O)OCC(O)CN(CCCOCC(O)C(CC)CCC)Cc1ccc(CN(CC(O)COC(=O)C(=C)C)CC(O)COC(=O)C(=C)C)cc1. The van der Waals surface area contributed by atoms with Gasteiger partial charge in [0.25, 0.3) is 0 Å². The van der Waals surface area contributed by atoms with Crippen LogP contribution in [0.15, 0.2) is 60.7 Å². The summed E-state index contributed by atoms with van der Waals surface area (Å²) in [6, 6.07) is 7.71. The Morgan fingerprint density at radius 3 is 1.43 bits per heavy atom. The zero-order valence-corrected chi connectivity index (χ0v) is 32.5. The summed E-state index contributed by atoms with van der Waals surface area (Å²) in [5, 5.41) is 42.5. The minimum Gasteiger partial charge on any atom is -0.460 e. The highest BCUT2D eigenvalue weighted by Gasteiger charge is 2.21. The number of rotatable bonds is 29. The highest BCUT2D eigenvalue weighted by Crippen LogP contribution is 2.17. The van der Waals surface area contributed by atoms with Crippen molar-refractivity contribution in [3.05, 3.63) is 71.8 Å². The Morgan fingerprint density at radius 2 is 1.06 bits per heavy atom. The number of aliphatic hydroxyl groups excluding tert-OH is 4. The lowest BCUT2D eigenvalue weighted by Crippen LogP contribution is -2.41. The molecule has 0 heterocycles. The maximum atomic E-state index is 11.9. The first kappa shape index (κ1) is 47.6. The number of hydrogen-bond donors (Lipinski definition) is 4. The molecule has 0 radical (unpaired) electrons. The van der Waals surface area contributed by atoms with Gasteiger partial charge in [0.15, 0.2) is 0 Å². The van der Waals surface area contributed by atoms with Crippen molar-refractivity contribution in [3.8, 4) is 0 Å². The van der Waals surface area contributed by atoms with Gasteiger partial charge in [-0.25, -0.2) is 14.4 Å². The molecule has 5 atom stereocenters. The maximum Gasteiger partial charge on any atom is 0.333 e. The lowest BCUT2D eigenvalue weighted by atomic mass is 9.95. The first-order valence-electron chi connectivity index (χ1n) is 18.4. The minimum absolute atomic E-state index is 0.0507. The molecule has 53 heavy (non-hydrogen) atoms. The van der Waals surface area contributed by atoms with Crippen LogP contribution in [0.25, 0.3) is 0 Å². The molecule has 0 aliphatic heterocycles. The molecule has 0 amide bonds. The number of carbonyl (C=O) groups excluding carboxylic acids is 3. The molecule has 0 aliphatic rings. The Morgan fingerprint density at radius 1 is 0.660 bits per heavy atom. The molecule has 0 spiro atoms. The van der Waals surface area contributed by atoms with E-state index in [9.17, 15) is 34.8 Å². The normalized spacial score (nSPS) is 14.2. The molecule has 0 aromatic heterocycles. The molecule has 13 nitrogen and oxygen atoms in total. The van der Waals surface area contributed by atoms with Crippen molar-refractivity contribution in [3.63, 3.8) is 0 Å². The molecule has 13 heteroatoms. The van der Waals surface area contributed by atoms with E-state index in [-0.39, 0.29) is 68.7 Å². The van der Waals surface area contributed by atoms with Gasteiger partial charge < -0.3 is 39.4 Å². The van der Waals surface area contributed by atoms with Gasteiger partial charge >= 0.3 is 17.9 Å². The summed E-state index contributed by atoms with van der Waals surface area (Å²) in [4.78, 5) is 39.3. The first-order chi connectivity index (χ1) is 25.1. The fraction of sp³-hybridized carbons (Fsp3) is 0.625. The Balaban J connectivity index is 2.98. The maximum absolute atomic E-state index is 11.9. The number of carbonyl (C=O) groups is 3. The van der Waals surface area contributed by atoms with Crippen LogP contribution in [-0.4, -0.2) is 132 Å². The summed E-state index contributed by atoms with van der Waals surface area (Å²) < 4.78 is 21.1. The molecule has 0 aliphatic carbocycles. The van der Waals surface area contributed by atoms with E-state index in [0.717, 1.165) is 30.4 Å². The molecular formula is C40H64N2O11. The van der Waals surface area contributed by atoms with Gasteiger partial charge in [0.2, 0.25) is 0 Å². The van der Waals surface area contributed by atoms with Crippen LogP contribution in [0.4, 0.5) is 0 Å². The molecule has 0 saturated heterocycles. The van der Waals surface area contributed by atoms with Gasteiger partial charge in [0.1, 0.15) is 38.1 Å². The topological polar surface area (TPSA) is 176 Å². The van der Waals surface area contributed by atoms with Crippen molar-refractivity contribution in [2.45, 2.75) is 97.8 Å². The summed E-state index contributed by atoms with van der Waals surface area (Å²) >= 11 is 0. The van der Waals surface area contributed by atoms with Crippen LogP contribution in [0.3, 0.4) is 0 Å². The van der Waals surface area contributed by atoms with Crippen LogP contribution in [0.2, 0.25) is 0 Å². The van der Waals surface area contributed by atoms with Crippen molar-refractivity contribution in [2.75, 3.05) is 59.2 Å². The molecule has 1 aromatic carbocycles. The van der Waals surface area contributed by atoms with Crippen molar-refractivity contribution < 1.29 is 53.8 Å². The molecule has 0 saturated carbocycles. The molecule has 300 valence electrons. The third-order valence-corrected chi connectivity index (χ3v) is 8.29. The zero-order chi connectivity index (χ0) is 39.9. The van der Waals surface area contributed by atoms with E-state index in [4.69, 9.17) is 18.9 Å². The Bertz CT molecular complexity index is 1250. The summed E-state index contributed by atoms with van der Waals surface area (Å²) in [6.07, 6.45) is -0.0806. The Hall–Kier alpha value is -3.43. The largest absolute Gasteiger partial charge is 0.460 e. The van der Waals surface area contributed by atoms with E-state index in [0.29, 0.717) is 32.7 Å².